The largest absolute Gasteiger partial charge is 0.0622 e. The van der Waals surface area contributed by atoms with E-state index < -0.39 is 0 Å². The predicted molar refractivity (Wildman–Crippen MR) is 110 cm³/mol. The highest BCUT2D eigenvalue weighted by molar-refractivity contribution is 9.48. The van der Waals surface area contributed by atoms with Crippen LogP contribution in [0.2, 0.25) is 0 Å². The first-order valence-electron chi connectivity index (χ1n) is 5.40. The maximum absolute atomic E-state index is 2.14. The van der Waals surface area contributed by atoms with Gasteiger partial charge >= 0.3 is 0 Å². The van der Waals surface area contributed by atoms with Crippen LogP contribution in [0.5, 0.6) is 0 Å². The Bertz CT molecular complexity index is 418. The van der Waals surface area contributed by atoms with Gasteiger partial charge < -0.3 is 0 Å². The van der Waals surface area contributed by atoms with Gasteiger partial charge in [0.2, 0.25) is 0 Å². The van der Waals surface area contributed by atoms with E-state index in [4.69, 9.17) is 0 Å². The molecule has 2 aromatic carbocycles. The zero-order valence-electron chi connectivity index (χ0n) is 10.0. The van der Waals surface area contributed by atoms with Crippen molar-refractivity contribution in [3.05, 3.63) is 60.7 Å². The van der Waals surface area contributed by atoms with Crippen LogP contribution in [-0.4, -0.2) is 0 Å². The molecular formula is C12H10S8. The lowest BCUT2D eigenvalue weighted by Crippen LogP contribution is -1.61. The Morgan fingerprint density at radius 1 is 0.400 bits per heavy atom. The summed E-state index contributed by atoms with van der Waals surface area (Å²) in [5, 5.41) is 0. The van der Waals surface area contributed by atoms with Gasteiger partial charge in [-0.05, 0) is 105 Å². The van der Waals surface area contributed by atoms with Gasteiger partial charge in [0.05, 0.1) is 0 Å². The van der Waals surface area contributed by atoms with Gasteiger partial charge in [-0.15, -0.1) is 0 Å². The molecule has 0 saturated heterocycles. The van der Waals surface area contributed by atoms with Crippen LogP contribution in [0, 0.1) is 0 Å². The lowest BCUT2D eigenvalue weighted by atomic mass is 10.4. The normalized spacial score (nSPS) is 10.6. The fourth-order valence-electron chi connectivity index (χ4n) is 1.10. The van der Waals surface area contributed by atoms with E-state index in [0.29, 0.717) is 0 Å². The molecule has 20 heavy (non-hydrogen) atoms. The molecule has 0 nitrogen and oxygen atoms in total. The summed E-state index contributed by atoms with van der Waals surface area (Å²) in [6, 6.07) is 20.9. The van der Waals surface area contributed by atoms with Crippen molar-refractivity contribution in [2.45, 2.75) is 9.79 Å². The van der Waals surface area contributed by atoms with Crippen LogP contribution in [-0.2, 0) is 0 Å². The molecule has 0 amide bonds. The van der Waals surface area contributed by atoms with E-state index >= 15 is 0 Å². The van der Waals surface area contributed by atoms with Crippen LogP contribution in [0.15, 0.2) is 70.5 Å². The highest BCUT2D eigenvalue weighted by Gasteiger charge is 1.98. The van der Waals surface area contributed by atoms with E-state index in [9.17, 15) is 0 Å². The number of benzene rings is 2. The van der Waals surface area contributed by atoms with Gasteiger partial charge in [-0.3, -0.25) is 0 Å². The highest BCUT2D eigenvalue weighted by Crippen LogP contribution is 2.58. The summed E-state index contributed by atoms with van der Waals surface area (Å²) in [7, 11) is 14.5. The molecule has 2 aromatic rings. The second-order valence-electron chi connectivity index (χ2n) is 3.20. The Kier molecular flexibility index (Phi) is 10.3. The minimum absolute atomic E-state index is 1.30. The monoisotopic (exact) mass is 410 g/mol. The fourth-order valence-corrected chi connectivity index (χ4v) is 17.5. The molecule has 8 heteroatoms. The molecule has 0 heterocycles. The number of hydrogen-bond donors (Lipinski definition) is 0. The lowest BCUT2D eigenvalue weighted by Gasteiger charge is -2.00. The van der Waals surface area contributed by atoms with Crippen LogP contribution in [0.25, 0.3) is 0 Å². The van der Waals surface area contributed by atoms with Crippen LogP contribution in [0.4, 0.5) is 0 Å². The standard InChI is InChI=1S/C12H10S8/c1-3-7-11(8-4-1)13-15-17-19-20-18-16-14-12-9-5-2-6-10-12/h1-10H. The minimum Gasteiger partial charge on any atom is -0.0622 e. The maximum Gasteiger partial charge on any atom is 0.0191 e. The van der Waals surface area contributed by atoms with Gasteiger partial charge in [0, 0.05) is 9.79 Å². The molecule has 0 N–H and O–H groups in total. The lowest BCUT2D eigenvalue weighted by molar-refractivity contribution is 1.48. The third-order valence-corrected chi connectivity index (χ3v) is 16.8. The second-order valence-corrected chi connectivity index (χ2v) is 16.1. The van der Waals surface area contributed by atoms with Gasteiger partial charge in [-0.2, -0.15) is 0 Å². The van der Waals surface area contributed by atoms with Crippen LogP contribution in [0.1, 0.15) is 0 Å². The zero-order valence-corrected chi connectivity index (χ0v) is 16.6. The molecule has 0 atom stereocenters. The number of hydrogen-bond acceptors (Lipinski definition) is 8. The molecule has 0 aliphatic rings. The summed E-state index contributed by atoms with van der Waals surface area (Å²) in [4.78, 5) is 2.61. The van der Waals surface area contributed by atoms with Crippen LogP contribution < -0.4 is 0 Å². The van der Waals surface area contributed by atoms with Crippen molar-refractivity contribution >= 4 is 80.5 Å². The van der Waals surface area contributed by atoms with E-state index in [1.807, 2.05) is 51.4 Å². The molecule has 106 valence electrons. The van der Waals surface area contributed by atoms with Crippen molar-refractivity contribution in [2.75, 3.05) is 0 Å². The van der Waals surface area contributed by atoms with Crippen LogP contribution in [0.3, 0.4) is 0 Å². The van der Waals surface area contributed by atoms with E-state index in [0.717, 1.165) is 0 Å². The molecule has 0 aliphatic heterocycles. The summed E-state index contributed by atoms with van der Waals surface area (Å²) in [5.41, 5.74) is 0. The van der Waals surface area contributed by atoms with Crippen molar-refractivity contribution in [3.8, 4) is 0 Å². The number of rotatable bonds is 9. The topological polar surface area (TPSA) is 0 Å². The van der Waals surface area contributed by atoms with Gasteiger partial charge in [0.1, 0.15) is 0 Å². The first kappa shape index (κ1) is 17.6. The average Bonchev–Trinajstić information content (AvgIpc) is 2.52. The Labute approximate surface area is 149 Å². The first-order valence-corrected chi connectivity index (χ1v) is 15.5. The highest BCUT2D eigenvalue weighted by atomic mass is 34.0. The zero-order chi connectivity index (χ0) is 13.9. The molecule has 0 saturated carbocycles. The summed E-state index contributed by atoms with van der Waals surface area (Å²) in [6.07, 6.45) is 0. The molecule has 0 fully saturated rings. The summed E-state index contributed by atoms with van der Waals surface area (Å²) >= 11 is 0. The van der Waals surface area contributed by atoms with E-state index in [1.54, 1.807) is 41.2 Å². The Hall–Kier alpha value is 1.24. The minimum atomic E-state index is 1.30. The molecule has 2 rings (SSSR count). The molecule has 0 aromatic heterocycles. The van der Waals surface area contributed by atoms with Crippen molar-refractivity contribution in [1.82, 2.24) is 0 Å². The Balaban J connectivity index is 1.44. The van der Waals surface area contributed by atoms with Crippen molar-refractivity contribution < 1.29 is 0 Å². The van der Waals surface area contributed by atoms with Crippen molar-refractivity contribution in [1.29, 1.82) is 0 Å². The van der Waals surface area contributed by atoms with Gasteiger partial charge in [0.15, 0.2) is 0 Å². The molecule has 0 spiro atoms. The van der Waals surface area contributed by atoms with Gasteiger partial charge in [-0.25, -0.2) is 0 Å². The summed E-state index contributed by atoms with van der Waals surface area (Å²) in [5.74, 6) is 0. The quantitative estimate of drug-likeness (QED) is 0.295. The molecule has 0 aliphatic carbocycles. The van der Waals surface area contributed by atoms with Crippen molar-refractivity contribution in [3.63, 3.8) is 0 Å². The third kappa shape index (κ3) is 8.03. The second kappa shape index (κ2) is 11.8. The summed E-state index contributed by atoms with van der Waals surface area (Å²) in [6.45, 7) is 0. The van der Waals surface area contributed by atoms with E-state index in [2.05, 4.69) is 48.5 Å². The average molecular weight is 411 g/mol. The maximum atomic E-state index is 2.14. The fraction of sp³-hybridized carbons (Fsp3) is 0. The summed E-state index contributed by atoms with van der Waals surface area (Å²) < 4.78 is 0. The Morgan fingerprint density at radius 2 is 0.750 bits per heavy atom. The van der Waals surface area contributed by atoms with E-state index in [-0.39, 0.29) is 0 Å². The van der Waals surface area contributed by atoms with Crippen LogP contribution >= 0.6 is 80.5 Å². The first-order chi connectivity index (χ1) is 9.95. The van der Waals surface area contributed by atoms with Crippen molar-refractivity contribution in [2.24, 2.45) is 0 Å². The Morgan fingerprint density at radius 3 is 1.15 bits per heavy atom. The third-order valence-electron chi connectivity index (χ3n) is 1.89. The molecular weight excluding hydrogens is 401 g/mol. The van der Waals surface area contributed by atoms with Gasteiger partial charge in [0.25, 0.3) is 0 Å². The van der Waals surface area contributed by atoms with E-state index in [1.165, 1.54) is 9.79 Å². The SMILES string of the molecule is c1ccc(SSSSSSSSc2ccccc2)cc1. The smallest absolute Gasteiger partial charge is 0.0191 e. The predicted octanol–water partition coefficient (Wildman–Crippen LogP) is 8.38. The molecule has 0 radical (unpaired) electrons. The molecule has 0 unspecified atom stereocenters. The molecule has 0 bridgehead atoms. The van der Waals surface area contributed by atoms with Gasteiger partial charge in [-0.1, -0.05) is 36.4 Å².